The van der Waals surface area contributed by atoms with Gasteiger partial charge in [0.2, 0.25) is 0 Å². The van der Waals surface area contributed by atoms with Crippen molar-refractivity contribution >= 4 is 11.6 Å². The van der Waals surface area contributed by atoms with Crippen LogP contribution in [0.2, 0.25) is 0 Å². The van der Waals surface area contributed by atoms with Crippen molar-refractivity contribution < 1.29 is 9.59 Å². The van der Waals surface area contributed by atoms with E-state index in [1.165, 1.54) is 0 Å². The summed E-state index contributed by atoms with van der Waals surface area (Å²) in [6.07, 6.45) is 0.823. The number of carbonyl (C=O) groups excluding carboxylic acids is 2. The summed E-state index contributed by atoms with van der Waals surface area (Å²) in [5.41, 5.74) is 0. The van der Waals surface area contributed by atoms with Gasteiger partial charge >= 0.3 is 0 Å². The van der Waals surface area contributed by atoms with Gasteiger partial charge in [-0.15, -0.1) is 0 Å². The Morgan fingerprint density at radius 2 is 1.08 bits per heavy atom. The SMILES string of the molecule is CC(C)C(=O)CCC(=O)C(C)C. The third kappa shape index (κ3) is 4.27. The zero-order valence-corrected chi connectivity index (χ0v) is 8.39. The van der Waals surface area contributed by atoms with E-state index in [1.807, 2.05) is 27.7 Å². The minimum atomic E-state index is 0.0602. The van der Waals surface area contributed by atoms with Gasteiger partial charge in [-0.2, -0.15) is 0 Å². The topological polar surface area (TPSA) is 34.1 Å². The van der Waals surface area contributed by atoms with Gasteiger partial charge in [-0.25, -0.2) is 0 Å². The first kappa shape index (κ1) is 11.3. The van der Waals surface area contributed by atoms with Crippen molar-refractivity contribution in [2.45, 2.75) is 40.5 Å². The molecule has 0 atom stereocenters. The van der Waals surface area contributed by atoms with Crippen LogP contribution in [0.15, 0.2) is 0 Å². The lowest BCUT2D eigenvalue weighted by molar-refractivity contribution is -0.127. The summed E-state index contributed by atoms with van der Waals surface area (Å²) in [6, 6.07) is 0. The predicted molar refractivity (Wildman–Crippen MR) is 48.9 cm³/mol. The lowest BCUT2D eigenvalue weighted by atomic mass is 9.99. The van der Waals surface area contributed by atoms with E-state index in [9.17, 15) is 9.59 Å². The summed E-state index contributed by atoms with van der Waals surface area (Å²) in [7, 11) is 0. The van der Waals surface area contributed by atoms with Crippen LogP contribution in [0.1, 0.15) is 40.5 Å². The molecule has 0 N–H and O–H groups in total. The van der Waals surface area contributed by atoms with Crippen LogP contribution in [0.3, 0.4) is 0 Å². The van der Waals surface area contributed by atoms with Crippen LogP contribution < -0.4 is 0 Å². The molecule has 0 aliphatic heterocycles. The third-order valence-electron chi connectivity index (χ3n) is 1.91. The smallest absolute Gasteiger partial charge is 0.135 e. The maximum atomic E-state index is 11.1. The Balaban J connectivity index is 3.69. The second-order valence-electron chi connectivity index (χ2n) is 3.74. The largest absolute Gasteiger partial charge is 0.299 e. The Morgan fingerprint density at radius 1 is 0.833 bits per heavy atom. The standard InChI is InChI=1S/C10H18O2/c1-7(2)9(11)5-6-10(12)8(3)4/h7-8H,5-6H2,1-4H3. The van der Waals surface area contributed by atoms with Gasteiger partial charge < -0.3 is 0 Å². The number of carbonyl (C=O) groups is 2. The highest BCUT2D eigenvalue weighted by Gasteiger charge is 2.12. The second kappa shape index (κ2) is 5.07. The fourth-order valence-electron chi connectivity index (χ4n) is 0.824. The van der Waals surface area contributed by atoms with Crippen LogP contribution in [-0.4, -0.2) is 11.6 Å². The van der Waals surface area contributed by atoms with Crippen LogP contribution in [0.25, 0.3) is 0 Å². The van der Waals surface area contributed by atoms with Gasteiger partial charge in [-0.1, -0.05) is 27.7 Å². The average molecular weight is 170 g/mol. The molecule has 0 aromatic heterocycles. The van der Waals surface area contributed by atoms with Gasteiger partial charge in [0.05, 0.1) is 0 Å². The van der Waals surface area contributed by atoms with Crippen molar-refractivity contribution in [2.24, 2.45) is 11.8 Å². The molecular formula is C10H18O2. The maximum Gasteiger partial charge on any atom is 0.135 e. The Kier molecular flexibility index (Phi) is 4.79. The minimum absolute atomic E-state index is 0.0602. The summed E-state index contributed by atoms with van der Waals surface area (Å²) in [5, 5.41) is 0. The zero-order chi connectivity index (χ0) is 9.72. The number of Topliss-reactive ketones (excluding diaryl/α,β-unsaturated/α-hetero) is 2. The summed E-state index contributed by atoms with van der Waals surface area (Å²) in [6.45, 7) is 7.45. The van der Waals surface area contributed by atoms with Crippen molar-refractivity contribution in [3.63, 3.8) is 0 Å². The van der Waals surface area contributed by atoms with Crippen LogP contribution in [0.4, 0.5) is 0 Å². The molecule has 0 amide bonds. The highest BCUT2D eigenvalue weighted by Crippen LogP contribution is 2.06. The molecule has 0 aromatic rings. The van der Waals surface area contributed by atoms with Crippen molar-refractivity contribution in [3.05, 3.63) is 0 Å². The quantitative estimate of drug-likeness (QED) is 0.634. The lowest BCUT2D eigenvalue weighted by Gasteiger charge is -2.04. The molecule has 0 heterocycles. The number of rotatable bonds is 5. The lowest BCUT2D eigenvalue weighted by Crippen LogP contribution is -2.12. The second-order valence-corrected chi connectivity index (χ2v) is 3.74. The molecule has 0 rings (SSSR count). The van der Waals surface area contributed by atoms with Crippen molar-refractivity contribution in [2.75, 3.05) is 0 Å². The van der Waals surface area contributed by atoms with Gasteiger partial charge in [0.1, 0.15) is 11.6 Å². The highest BCUT2D eigenvalue weighted by molar-refractivity contribution is 5.87. The Labute approximate surface area is 74.3 Å². The van der Waals surface area contributed by atoms with Crippen LogP contribution in [-0.2, 0) is 9.59 Å². The fourth-order valence-corrected chi connectivity index (χ4v) is 0.824. The first-order chi connectivity index (χ1) is 5.45. The van der Waals surface area contributed by atoms with E-state index >= 15 is 0 Å². The van der Waals surface area contributed by atoms with Crippen LogP contribution >= 0.6 is 0 Å². The Morgan fingerprint density at radius 3 is 1.25 bits per heavy atom. The molecular weight excluding hydrogens is 152 g/mol. The van der Waals surface area contributed by atoms with Crippen molar-refractivity contribution in [1.82, 2.24) is 0 Å². The number of ketones is 2. The predicted octanol–water partition coefficient (Wildman–Crippen LogP) is 2.22. The molecule has 12 heavy (non-hydrogen) atoms. The molecule has 2 nitrogen and oxygen atoms in total. The molecule has 0 aromatic carbocycles. The van der Waals surface area contributed by atoms with Crippen LogP contribution in [0, 0.1) is 11.8 Å². The summed E-state index contributed by atoms with van der Waals surface area (Å²) >= 11 is 0. The summed E-state index contributed by atoms with van der Waals surface area (Å²) in [4.78, 5) is 22.2. The first-order valence-electron chi connectivity index (χ1n) is 4.50. The molecule has 0 bridgehead atoms. The van der Waals surface area contributed by atoms with Crippen molar-refractivity contribution in [3.8, 4) is 0 Å². The molecule has 0 unspecified atom stereocenters. The third-order valence-corrected chi connectivity index (χ3v) is 1.91. The zero-order valence-electron chi connectivity index (χ0n) is 8.39. The van der Waals surface area contributed by atoms with E-state index in [0.717, 1.165) is 0 Å². The van der Waals surface area contributed by atoms with Gasteiger partial charge in [-0.3, -0.25) is 9.59 Å². The molecule has 0 aliphatic carbocycles. The maximum absolute atomic E-state index is 11.1. The minimum Gasteiger partial charge on any atom is -0.299 e. The van der Waals surface area contributed by atoms with E-state index in [1.54, 1.807) is 0 Å². The van der Waals surface area contributed by atoms with Gasteiger partial charge in [0.15, 0.2) is 0 Å². The highest BCUT2D eigenvalue weighted by atomic mass is 16.1. The van der Waals surface area contributed by atoms with Crippen LogP contribution in [0.5, 0.6) is 0 Å². The molecule has 0 saturated heterocycles. The number of hydrogen-bond donors (Lipinski definition) is 0. The average Bonchev–Trinajstić information content (AvgIpc) is 1.98. The van der Waals surface area contributed by atoms with E-state index in [-0.39, 0.29) is 23.4 Å². The molecule has 0 aliphatic rings. The molecule has 70 valence electrons. The molecule has 0 radical (unpaired) electrons. The van der Waals surface area contributed by atoms with Gasteiger partial charge in [-0.05, 0) is 0 Å². The number of hydrogen-bond acceptors (Lipinski definition) is 2. The normalized spacial score (nSPS) is 10.8. The van der Waals surface area contributed by atoms with Gasteiger partial charge in [0.25, 0.3) is 0 Å². The molecule has 0 saturated carbocycles. The summed E-state index contributed by atoms with van der Waals surface area (Å²) < 4.78 is 0. The van der Waals surface area contributed by atoms with Gasteiger partial charge in [0, 0.05) is 24.7 Å². The van der Waals surface area contributed by atoms with E-state index in [2.05, 4.69) is 0 Å². The Hall–Kier alpha value is -0.660. The van der Waals surface area contributed by atoms with Crippen molar-refractivity contribution in [1.29, 1.82) is 0 Å². The molecule has 2 heteroatoms. The van der Waals surface area contributed by atoms with E-state index < -0.39 is 0 Å². The molecule has 0 spiro atoms. The fraction of sp³-hybridized carbons (Fsp3) is 0.800. The summed E-state index contributed by atoms with van der Waals surface area (Å²) in [5.74, 6) is 0.489. The monoisotopic (exact) mass is 170 g/mol. The Bertz CT molecular complexity index is 149. The molecule has 0 fully saturated rings. The van der Waals surface area contributed by atoms with E-state index in [0.29, 0.717) is 12.8 Å². The van der Waals surface area contributed by atoms with E-state index in [4.69, 9.17) is 0 Å². The first-order valence-corrected chi connectivity index (χ1v) is 4.50.